The maximum Gasteiger partial charge on any atom is 0.0499 e. The molecule has 0 aromatic heterocycles. The van der Waals surface area contributed by atoms with E-state index in [2.05, 4.69) is 35.6 Å². The molecule has 2 N–H and O–H groups in total. The minimum Gasteiger partial charge on any atom is -0.396 e. The van der Waals surface area contributed by atoms with Crippen LogP contribution < -0.4 is 5.32 Å². The van der Waals surface area contributed by atoms with Crippen molar-refractivity contribution in [1.82, 2.24) is 5.32 Å². The van der Waals surface area contributed by atoms with Crippen molar-refractivity contribution in [2.75, 3.05) is 13.2 Å². The van der Waals surface area contributed by atoms with Crippen molar-refractivity contribution >= 4 is 0 Å². The number of benzene rings is 1. The summed E-state index contributed by atoms with van der Waals surface area (Å²) < 4.78 is 0. The first kappa shape index (κ1) is 15.1. The number of rotatable bonds is 5. The van der Waals surface area contributed by atoms with E-state index in [0.717, 1.165) is 12.5 Å². The second kappa shape index (κ2) is 6.93. The maximum absolute atomic E-state index is 9.70. The SMILES string of the molecule is OCC1(CNC2CCC(c3ccccc3)CC2)CCCC1. The van der Waals surface area contributed by atoms with E-state index in [4.69, 9.17) is 0 Å². The topological polar surface area (TPSA) is 32.3 Å². The standard InChI is InChI=1S/C19H29NO/c21-15-19(12-4-5-13-19)14-20-18-10-8-17(9-11-18)16-6-2-1-3-7-16/h1-3,6-7,17-18,20-21H,4-5,8-15H2. The van der Waals surface area contributed by atoms with Gasteiger partial charge >= 0.3 is 0 Å². The first-order chi connectivity index (χ1) is 10.3. The lowest BCUT2D eigenvalue weighted by Gasteiger charge is -2.33. The maximum atomic E-state index is 9.70. The first-order valence-electron chi connectivity index (χ1n) is 8.71. The summed E-state index contributed by atoms with van der Waals surface area (Å²) in [6.45, 7) is 1.38. The summed E-state index contributed by atoms with van der Waals surface area (Å²) in [5, 5.41) is 13.5. The molecule has 3 rings (SSSR count). The summed E-state index contributed by atoms with van der Waals surface area (Å²) in [6, 6.07) is 11.6. The van der Waals surface area contributed by atoms with Gasteiger partial charge in [0, 0.05) is 24.6 Å². The lowest BCUT2D eigenvalue weighted by molar-refractivity contribution is 0.121. The molecule has 0 aliphatic heterocycles. The predicted molar refractivity (Wildman–Crippen MR) is 87.4 cm³/mol. The molecule has 0 atom stereocenters. The molecule has 0 unspecified atom stereocenters. The van der Waals surface area contributed by atoms with Gasteiger partial charge in [0.15, 0.2) is 0 Å². The molecule has 2 heteroatoms. The van der Waals surface area contributed by atoms with E-state index in [1.165, 1.54) is 56.9 Å². The van der Waals surface area contributed by atoms with Gasteiger partial charge in [-0.2, -0.15) is 0 Å². The third-order valence-electron chi connectivity index (χ3n) is 5.76. The molecular weight excluding hydrogens is 258 g/mol. The molecule has 2 nitrogen and oxygen atoms in total. The Morgan fingerprint density at radius 1 is 1.00 bits per heavy atom. The fraction of sp³-hybridized carbons (Fsp3) is 0.684. The Morgan fingerprint density at radius 2 is 1.67 bits per heavy atom. The summed E-state index contributed by atoms with van der Waals surface area (Å²) in [5.41, 5.74) is 1.70. The van der Waals surface area contributed by atoms with Crippen LogP contribution in [-0.4, -0.2) is 24.3 Å². The van der Waals surface area contributed by atoms with Gasteiger partial charge in [-0.05, 0) is 50.0 Å². The Bertz CT molecular complexity index is 416. The van der Waals surface area contributed by atoms with Crippen LogP contribution in [0.4, 0.5) is 0 Å². The Balaban J connectivity index is 1.46. The largest absolute Gasteiger partial charge is 0.396 e. The molecule has 21 heavy (non-hydrogen) atoms. The number of aliphatic hydroxyl groups is 1. The third kappa shape index (κ3) is 3.67. The van der Waals surface area contributed by atoms with Crippen LogP contribution in [0.1, 0.15) is 62.8 Å². The minimum absolute atomic E-state index is 0.191. The normalized spacial score (nSPS) is 28.6. The van der Waals surface area contributed by atoms with Crippen molar-refractivity contribution in [2.24, 2.45) is 5.41 Å². The van der Waals surface area contributed by atoms with Crippen molar-refractivity contribution in [3.05, 3.63) is 35.9 Å². The lowest BCUT2D eigenvalue weighted by Crippen LogP contribution is -2.41. The zero-order valence-corrected chi connectivity index (χ0v) is 13.1. The minimum atomic E-state index is 0.191. The molecular formula is C19H29NO. The number of aliphatic hydroxyl groups excluding tert-OH is 1. The van der Waals surface area contributed by atoms with E-state index in [9.17, 15) is 5.11 Å². The van der Waals surface area contributed by atoms with Gasteiger partial charge in [-0.1, -0.05) is 43.2 Å². The zero-order chi connectivity index (χ0) is 14.5. The molecule has 1 aromatic rings. The van der Waals surface area contributed by atoms with Crippen LogP contribution in [0, 0.1) is 5.41 Å². The van der Waals surface area contributed by atoms with Crippen molar-refractivity contribution in [1.29, 1.82) is 0 Å². The van der Waals surface area contributed by atoms with Crippen molar-refractivity contribution in [2.45, 2.75) is 63.3 Å². The van der Waals surface area contributed by atoms with E-state index in [0.29, 0.717) is 12.6 Å². The second-order valence-electron chi connectivity index (χ2n) is 7.21. The average Bonchev–Trinajstić information content (AvgIpc) is 3.04. The Labute approximate surface area is 129 Å². The van der Waals surface area contributed by atoms with Gasteiger partial charge in [-0.15, -0.1) is 0 Å². The van der Waals surface area contributed by atoms with Crippen LogP contribution in [0.25, 0.3) is 0 Å². The Morgan fingerprint density at radius 3 is 2.29 bits per heavy atom. The number of nitrogens with one attached hydrogen (secondary N) is 1. The van der Waals surface area contributed by atoms with E-state index < -0.39 is 0 Å². The monoisotopic (exact) mass is 287 g/mol. The molecule has 2 aliphatic carbocycles. The molecule has 116 valence electrons. The molecule has 0 bridgehead atoms. The van der Waals surface area contributed by atoms with Gasteiger partial charge in [0.1, 0.15) is 0 Å². The number of hydrogen-bond donors (Lipinski definition) is 2. The smallest absolute Gasteiger partial charge is 0.0499 e. The third-order valence-corrected chi connectivity index (χ3v) is 5.76. The highest BCUT2D eigenvalue weighted by molar-refractivity contribution is 5.20. The van der Waals surface area contributed by atoms with Crippen LogP contribution in [0.5, 0.6) is 0 Å². The molecule has 1 aromatic carbocycles. The van der Waals surface area contributed by atoms with Gasteiger partial charge in [-0.3, -0.25) is 0 Å². The van der Waals surface area contributed by atoms with Crippen molar-refractivity contribution < 1.29 is 5.11 Å². The van der Waals surface area contributed by atoms with E-state index in [1.54, 1.807) is 0 Å². The Hall–Kier alpha value is -0.860. The van der Waals surface area contributed by atoms with Crippen LogP contribution >= 0.6 is 0 Å². The van der Waals surface area contributed by atoms with Gasteiger partial charge < -0.3 is 10.4 Å². The molecule has 0 amide bonds. The Kier molecular flexibility index (Phi) is 4.97. The molecule has 0 radical (unpaired) electrons. The quantitative estimate of drug-likeness (QED) is 0.862. The summed E-state index contributed by atoms with van der Waals surface area (Å²) in [4.78, 5) is 0. The summed E-state index contributed by atoms with van der Waals surface area (Å²) in [6.07, 6.45) is 10.2. The highest BCUT2D eigenvalue weighted by Crippen LogP contribution is 2.38. The van der Waals surface area contributed by atoms with Gasteiger partial charge in [-0.25, -0.2) is 0 Å². The molecule has 2 aliphatic rings. The van der Waals surface area contributed by atoms with Gasteiger partial charge in [0.05, 0.1) is 0 Å². The summed E-state index contributed by atoms with van der Waals surface area (Å²) in [5.74, 6) is 0.752. The molecule has 0 spiro atoms. The van der Waals surface area contributed by atoms with Gasteiger partial charge in [0.2, 0.25) is 0 Å². The lowest BCUT2D eigenvalue weighted by atomic mass is 9.81. The predicted octanol–water partition coefficient (Wildman–Crippen LogP) is 3.86. The average molecular weight is 287 g/mol. The number of hydrogen-bond acceptors (Lipinski definition) is 2. The fourth-order valence-corrected chi connectivity index (χ4v) is 4.23. The van der Waals surface area contributed by atoms with Gasteiger partial charge in [0.25, 0.3) is 0 Å². The highest BCUT2D eigenvalue weighted by atomic mass is 16.3. The summed E-state index contributed by atoms with van der Waals surface area (Å²) >= 11 is 0. The molecule has 2 fully saturated rings. The van der Waals surface area contributed by atoms with Crippen molar-refractivity contribution in [3.63, 3.8) is 0 Å². The summed E-state index contributed by atoms with van der Waals surface area (Å²) in [7, 11) is 0. The highest BCUT2D eigenvalue weighted by Gasteiger charge is 2.34. The fourth-order valence-electron chi connectivity index (χ4n) is 4.23. The first-order valence-corrected chi connectivity index (χ1v) is 8.71. The van der Waals surface area contributed by atoms with E-state index in [1.807, 2.05) is 0 Å². The molecule has 0 saturated heterocycles. The van der Waals surface area contributed by atoms with Crippen LogP contribution in [0.15, 0.2) is 30.3 Å². The zero-order valence-electron chi connectivity index (χ0n) is 13.1. The van der Waals surface area contributed by atoms with Crippen LogP contribution in [-0.2, 0) is 0 Å². The van der Waals surface area contributed by atoms with Crippen LogP contribution in [0.3, 0.4) is 0 Å². The molecule has 0 heterocycles. The second-order valence-corrected chi connectivity index (χ2v) is 7.21. The van der Waals surface area contributed by atoms with E-state index >= 15 is 0 Å². The molecule has 2 saturated carbocycles. The van der Waals surface area contributed by atoms with E-state index in [-0.39, 0.29) is 5.41 Å². The van der Waals surface area contributed by atoms with Crippen LogP contribution in [0.2, 0.25) is 0 Å². The van der Waals surface area contributed by atoms with Crippen molar-refractivity contribution in [3.8, 4) is 0 Å².